The van der Waals surface area contributed by atoms with Gasteiger partial charge in [0.05, 0.1) is 0 Å². The van der Waals surface area contributed by atoms with Crippen LogP contribution in [0.25, 0.3) is 0 Å². The van der Waals surface area contributed by atoms with E-state index in [4.69, 9.17) is 0 Å². The quantitative estimate of drug-likeness (QED) is 0.703. The summed E-state index contributed by atoms with van der Waals surface area (Å²) in [5.41, 5.74) is -0.807. The van der Waals surface area contributed by atoms with Gasteiger partial charge in [-0.2, -0.15) is 13.2 Å². The summed E-state index contributed by atoms with van der Waals surface area (Å²) in [6.45, 7) is 0. The number of sulfone groups is 1. The Morgan fingerprint density at radius 2 is 1.69 bits per heavy atom. The summed E-state index contributed by atoms with van der Waals surface area (Å²) in [6, 6.07) is 0. The minimum Gasteiger partial charge on any atom is -0.368 e. The molecule has 0 radical (unpaired) electrons. The highest BCUT2D eigenvalue weighted by Gasteiger charge is 2.69. The number of carbonyl (C=O) groups is 1. The molecule has 1 aliphatic carbocycles. The van der Waals surface area contributed by atoms with Crippen molar-refractivity contribution < 1.29 is 26.4 Å². The molecule has 0 aromatic carbocycles. The standard InChI is InChI=1S/C5H6F3NO3S/c6-5(7,8)13(11,12)4(1-2-4)3(9)10/h1-2H2,(H2,9,10). The molecule has 76 valence electrons. The van der Waals surface area contributed by atoms with Crippen molar-refractivity contribution in [2.24, 2.45) is 5.73 Å². The number of halogens is 3. The Kier molecular flexibility index (Phi) is 1.88. The molecule has 0 aromatic heterocycles. The zero-order chi connectivity index (χ0) is 10.5. The van der Waals surface area contributed by atoms with Crippen LogP contribution >= 0.6 is 0 Å². The van der Waals surface area contributed by atoms with Gasteiger partial charge in [-0.1, -0.05) is 0 Å². The van der Waals surface area contributed by atoms with E-state index in [0.29, 0.717) is 0 Å². The highest BCUT2D eigenvalue weighted by molar-refractivity contribution is 7.94. The third kappa shape index (κ3) is 1.19. The third-order valence-electron chi connectivity index (χ3n) is 1.97. The number of nitrogens with two attached hydrogens (primary N) is 1. The molecule has 0 bridgehead atoms. The molecule has 0 heterocycles. The van der Waals surface area contributed by atoms with Crippen LogP contribution in [-0.2, 0) is 14.6 Å². The van der Waals surface area contributed by atoms with Crippen LogP contribution in [0.2, 0.25) is 0 Å². The van der Waals surface area contributed by atoms with Crippen molar-refractivity contribution in [1.29, 1.82) is 0 Å². The molecule has 8 heteroatoms. The number of rotatable bonds is 2. The lowest BCUT2D eigenvalue weighted by Gasteiger charge is -2.14. The predicted octanol–water partition coefficient (Wildman–Crippen LogP) is -0.0611. The van der Waals surface area contributed by atoms with Gasteiger partial charge in [-0.05, 0) is 12.8 Å². The van der Waals surface area contributed by atoms with Gasteiger partial charge in [0, 0.05) is 0 Å². The maximum Gasteiger partial charge on any atom is 0.498 e. The third-order valence-corrected chi connectivity index (χ3v) is 4.22. The Morgan fingerprint density at radius 1 is 1.31 bits per heavy atom. The molecule has 2 N–H and O–H groups in total. The lowest BCUT2D eigenvalue weighted by atomic mass is 10.4. The van der Waals surface area contributed by atoms with Gasteiger partial charge >= 0.3 is 5.51 Å². The topological polar surface area (TPSA) is 77.2 Å². The highest BCUT2D eigenvalue weighted by atomic mass is 32.2. The van der Waals surface area contributed by atoms with Crippen LogP contribution < -0.4 is 5.73 Å². The van der Waals surface area contributed by atoms with E-state index in [1.807, 2.05) is 0 Å². The second-order valence-electron chi connectivity index (χ2n) is 2.81. The number of carbonyl (C=O) groups excluding carboxylic acids is 1. The van der Waals surface area contributed by atoms with Crippen molar-refractivity contribution in [2.45, 2.75) is 23.1 Å². The molecule has 1 saturated carbocycles. The van der Waals surface area contributed by atoms with E-state index in [1.165, 1.54) is 0 Å². The molecule has 1 aliphatic rings. The molecular formula is C5H6F3NO3S. The van der Waals surface area contributed by atoms with Gasteiger partial charge in [-0.25, -0.2) is 8.42 Å². The lowest BCUT2D eigenvalue weighted by molar-refractivity contribution is -0.118. The van der Waals surface area contributed by atoms with Crippen LogP contribution in [0.4, 0.5) is 13.2 Å². The first kappa shape index (κ1) is 10.3. The van der Waals surface area contributed by atoms with E-state index in [1.54, 1.807) is 0 Å². The molecular weight excluding hydrogens is 211 g/mol. The van der Waals surface area contributed by atoms with Crippen LogP contribution in [-0.4, -0.2) is 24.6 Å². The number of alkyl halides is 3. The average Bonchev–Trinajstić information content (AvgIpc) is 2.61. The van der Waals surface area contributed by atoms with Gasteiger partial charge in [0.1, 0.15) is 0 Å². The predicted molar refractivity (Wildman–Crippen MR) is 36.1 cm³/mol. The van der Waals surface area contributed by atoms with Crippen molar-refractivity contribution in [1.82, 2.24) is 0 Å². The summed E-state index contributed by atoms with van der Waals surface area (Å²) >= 11 is 0. The summed E-state index contributed by atoms with van der Waals surface area (Å²) in [5, 5.41) is 0. The largest absolute Gasteiger partial charge is 0.498 e. The fourth-order valence-electron chi connectivity index (χ4n) is 0.983. The zero-order valence-corrected chi connectivity index (χ0v) is 7.07. The second kappa shape index (κ2) is 2.37. The SMILES string of the molecule is NC(=O)C1(S(=O)(=O)C(F)(F)F)CC1. The van der Waals surface area contributed by atoms with Crippen LogP contribution in [0.5, 0.6) is 0 Å². The molecule has 1 fully saturated rings. The Labute approximate surface area is 71.8 Å². The van der Waals surface area contributed by atoms with E-state index in [9.17, 15) is 26.4 Å². The molecule has 0 unspecified atom stereocenters. The molecule has 0 aliphatic heterocycles. The van der Waals surface area contributed by atoms with Crippen LogP contribution in [0, 0.1) is 0 Å². The summed E-state index contributed by atoms with van der Waals surface area (Å²) in [5.74, 6) is -1.43. The van der Waals surface area contributed by atoms with Crippen molar-refractivity contribution in [2.75, 3.05) is 0 Å². The molecule has 0 atom stereocenters. The minimum absolute atomic E-state index is 0.343. The summed E-state index contributed by atoms with van der Waals surface area (Å²) < 4.78 is 54.9. The normalized spacial score (nSPS) is 21.2. The Morgan fingerprint density at radius 3 is 1.77 bits per heavy atom. The molecule has 1 amide bonds. The molecule has 0 aromatic rings. The monoisotopic (exact) mass is 217 g/mol. The Hall–Kier alpha value is -0.790. The maximum absolute atomic E-state index is 11.9. The van der Waals surface area contributed by atoms with Gasteiger partial charge < -0.3 is 5.73 Å². The first-order valence-electron chi connectivity index (χ1n) is 3.26. The van der Waals surface area contributed by atoms with Crippen LogP contribution in [0.3, 0.4) is 0 Å². The Balaban J connectivity index is 3.17. The maximum atomic E-state index is 11.9. The van der Waals surface area contributed by atoms with Gasteiger partial charge in [-0.3, -0.25) is 4.79 Å². The minimum atomic E-state index is -5.44. The van der Waals surface area contributed by atoms with E-state index in [-0.39, 0.29) is 12.8 Å². The van der Waals surface area contributed by atoms with Crippen molar-refractivity contribution in [3.8, 4) is 0 Å². The first-order chi connectivity index (χ1) is 5.65. The molecule has 4 nitrogen and oxygen atoms in total. The summed E-state index contributed by atoms with van der Waals surface area (Å²) in [6.07, 6.45) is -0.686. The van der Waals surface area contributed by atoms with Crippen molar-refractivity contribution >= 4 is 15.7 Å². The van der Waals surface area contributed by atoms with Crippen LogP contribution in [0.15, 0.2) is 0 Å². The van der Waals surface area contributed by atoms with Gasteiger partial charge in [0.25, 0.3) is 9.84 Å². The number of primary amides is 1. The second-order valence-corrected chi connectivity index (χ2v) is 5.06. The van der Waals surface area contributed by atoms with Crippen molar-refractivity contribution in [3.05, 3.63) is 0 Å². The molecule has 0 spiro atoms. The lowest BCUT2D eigenvalue weighted by Crippen LogP contribution is -2.44. The van der Waals surface area contributed by atoms with Crippen molar-refractivity contribution in [3.63, 3.8) is 0 Å². The van der Waals surface area contributed by atoms with Gasteiger partial charge in [0.2, 0.25) is 5.91 Å². The Bertz CT molecular complexity index is 341. The summed E-state index contributed by atoms with van der Waals surface area (Å²) in [4.78, 5) is 10.5. The number of hydrogen-bond acceptors (Lipinski definition) is 3. The zero-order valence-electron chi connectivity index (χ0n) is 6.26. The van der Waals surface area contributed by atoms with E-state index in [2.05, 4.69) is 5.73 Å². The van der Waals surface area contributed by atoms with E-state index in [0.717, 1.165) is 0 Å². The fraction of sp³-hybridized carbons (Fsp3) is 0.800. The highest BCUT2D eigenvalue weighted by Crippen LogP contribution is 2.49. The molecule has 1 rings (SSSR count). The van der Waals surface area contributed by atoms with Crippen LogP contribution in [0.1, 0.15) is 12.8 Å². The van der Waals surface area contributed by atoms with Gasteiger partial charge in [0.15, 0.2) is 4.75 Å². The van der Waals surface area contributed by atoms with E-state index < -0.39 is 26.0 Å². The first-order valence-corrected chi connectivity index (χ1v) is 4.74. The molecule has 13 heavy (non-hydrogen) atoms. The smallest absolute Gasteiger partial charge is 0.368 e. The average molecular weight is 217 g/mol. The summed E-state index contributed by atoms with van der Waals surface area (Å²) in [7, 11) is -5.44. The number of amides is 1. The van der Waals surface area contributed by atoms with E-state index >= 15 is 0 Å². The molecule has 0 saturated heterocycles. The fourth-order valence-corrected chi connectivity index (χ4v) is 2.33. The van der Waals surface area contributed by atoms with Gasteiger partial charge in [-0.15, -0.1) is 0 Å². The number of hydrogen-bond donors (Lipinski definition) is 1.